The van der Waals surface area contributed by atoms with Gasteiger partial charge in [0, 0.05) is 25.6 Å². The Hall–Kier alpha value is -2.87. The topological polar surface area (TPSA) is 86.8 Å². The van der Waals surface area contributed by atoms with Gasteiger partial charge in [0.05, 0.1) is 11.9 Å². The van der Waals surface area contributed by atoms with Gasteiger partial charge in [-0.05, 0) is 57.7 Å². The van der Waals surface area contributed by atoms with Crippen molar-refractivity contribution >= 4 is 27.5 Å². The number of aryl methyl sites for hydroxylation is 2. The summed E-state index contributed by atoms with van der Waals surface area (Å²) in [6.07, 6.45) is 5.85. The average Bonchev–Trinajstić information content (AvgIpc) is 3.33. The molecule has 1 aliphatic rings. The molecule has 0 aromatic heterocycles. The molecule has 2 amide bonds. The van der Waals surface area contributed by atoms with Gasteiger partial charge in [0.15, 0.2) is 0 Å². The van der Waals surface area contributed by atoms with Crippen molar-refractivity contribution in [3.8, 4) is 0 Å². The lowest BCUT2D eigenvalue weighted by Crippen LogP contribution is -2.49. The first kappa shape index (κ1) is 27.7. The van der Waals surface area contributed by atoms with Crippen molar-refractivity contribution in [1.29, 1.82) is 0 Å². The number of carbonyl (C=O) groups is 2. The van der Waals surface area contributed by atoms with E-state index >= 15 is 0 Å². The zero-order valence-corrected chi connectivity index (χ0v) is 22.7. The van der Waals surface area contributed by atoms with Crippen LogP contribution in [0, 0.1) is 13.8 Å². The Morgan fingerprint density at radius 1 is 1.03 bits per heavy atom. The second-order valence-corrected chi connectivity index (χ2v) is 11.9. The fourth-order valence-electron chi connectivity index (χ4n) is 4.70. The van der Waals surface area contributed by atoms with Crippen molar-refractivity contribution < 1.29 is 18.0 Å². The Labute approximate surface area is 215 Å². The second kappa shape index (κ2) is 12.4. The molecule has 1 saturated carbocycles. The molecular weight excluding hydrogens is 474 g/mol. The summed E-state index contributed by atoms with van der Waals surface area (Å²) in [4.78, 5) is 28.1. The first-order valence-corrected chi connectivity index (χ1v) is 14.6. The second-order valence-electron chi connectivity index (χ2n) is 9.95. The lowest BCUT2D eigenvalue weighted by molar-refractivity contribution is -0.141. The third-order valence-electron chi connectivity index (χ3n) is 6.78. The van der Waals surface area contributed by atoms with Gasteiger partial charge in [0.2, 0.25) is 21.8 Å². The first-order chi connectivity index (χ1) is 17.0. The predicted molar refractivity (Wildman–Crippen MR) is 144 cm³/mol. The zero-order chi connectivity index (χ0) is 26.3. The minimum atomic E-state index is -3.50. The van der Waals surface area contributed by atoms with Gasteiger partial charge >= 0.3 is 0 Å². The van der Waals surface area contributed by atoms with Crippen LogP contribution in [-0.2, 0) is 26.2 Å². The summed E-state index contributed by atoms with van der Waals surface area (Å²) in [6.45, 7) is 6.23. The molecule has 7 nitrogen and oxygen atoms in total. The number of rotatable bonds is 11. The van der Waals surface area contributed by atoms with E-state index in [0.29, 0.717) is 18.7 Å². The third-order valence-corrected chi connectivity index (χ3v) is 7.97. The molecule has 36 heavy (non-hydrogen) atoms. The molecule has 0 unspecified atom stereocenters. The van der Waals surface area contributed by atoms with Crippen LogP contribution < -0.4 is 9.62 Å². The summed E-state index contributed by atoms with van der Waals surface area (Å²) in [5.74, 6) is -0.303. The Balaban J connectivity index is 1.71. The standard InChI is InChI=1S/C28H39N3O4S/c1-21-14-16-26(17-15-21)31(36(4,34)35)18-8-13-27(32)30(20-24-10-7-9-22(2)19-24)23(3)28(33)29-25-11-5-6-12-25/h7,9-10,14-17,19,23,25H,5-6,8,11-13,18,20H2,1-4H3,(H,29,33)/t23-/m0/s1. The van der Waals surface area contributed by atoms with Gasteiger partial charge in [0.1, 0.15) is 6.04 Å². The number of amides is 2. The molecule has 1 fully saturated rings. The molecule has 0 bridgehead atoms. The van der Waals surface area contributed by atoms with E-state index in [1.807, 2.05) is 50.2 Å². The molecule has 0 heterocycles. The third kappa shape index (κ3) is 7.82. The molecule has 3 rings (SSSR count). The van der Waals surface area contributed by atoms with Crippen LogP contribution in [0.2, 0.25) is 0 Å². The van der Waals surface area contributed by atoms with Crippen molar-refractivity contribution in [3.63, 3.8) is 0 Å². The van der Waals surface area contributed by atoms with E-state index in [9.17, 15) is 18.0 Å². The van der Waals surface area contributed by atoms with Crippen LogP contribution in [0.4, 0.5) is 5.69 Å². The lowest BCUT2D eigenvalue weighted by Gasteiger charge is -2.30. The number of nitrogens with zero attached hydrogens (tertiary/aromatic N) is 2. The van der Waals surface area contributed by atoms with Crippen LogP contribution in [0.3, 0.4) is 0 Å². The quantitative estimate of drug-likeness (QED) is 0.485. The smallest absolute Gasteiger partial charge is 0.242 e. The summed E-state index contributed by atoms with van der Waals surface area (Å²) in [6, 6.07) is 14.8. The Morgan fingerprint density at radius 2 is 1.69 bits per heavy atom. The average molecular weight is 514 g/mol. The molecule has 8 heteroatoms. The zero-order valence-electron chi connectivity index (χ0n) is 21.9. The molecule has 0 spiro atoms. The normalized spacial score (nSPS) is 14.9. The summed E-state index contributed by atoms with van der Waals surface area (Å²) < 4.78 is 26.2. The summed E-state index contributed by atoms with van der Waals surface area (Å²) in [7, 11) is -3.50. The van der Waals surface area contributed by atoms with Crippen LogP contribution in [0.5, 0.6) is 0 Å². The number of hydrogen-bond donors (Lipinski definition) is 1. The molecule has 2 aromatic carbocycles. The summed E-state index contributed by atoms with van der Waals surface area (Å²) in [5, 5.41) is 3.11. The molecule has 0 aliphatic heterocycles. The van der Waals surface area contributed by atoms with Gasteiger partial charge < -0.3 is 10.2 Å². The minimum absolute atomic E-state index is 0.139. The fraction of sp³-hybridized carbons (Fsp3) is 0.500. The van der Waals surface area contributed by atoms with E-state index in [-0.39, 0.29) is 30.8 Å². The van der Waals surface area contributed by atoms with Gasteiger partial charge in [-0.2, -0.15) is 0 Å². The van der Waals surface area contributed by atoms with Crippen LogP contribution in [-0.4, -0.2) is 50.0 Å². The van der Waals surface area contributed by atoms with Crippen LogP contribution in [0.25, 0.3) is 0 Å². The van der Waals surface area contributed by atoms with Crippen LogP contribution in [0.1, 0.15) is 62.1 Å². The fourth-order valence-corrected chi connectivity index (χ4v) is 5.66. The SMILES string of the molecule is Cc1ccc(N(CCCC(=O)N(Cc2cccc(C)c2)[C@@H](C)C(=O)NC2CCCC2)S(C)(=O)=O)cc1. The molecular formula is C28H39N3O4S. The summed E-state index contributed by atoms with van der Waals surface area (Å²) in [5.41, 5.74) is 3.67. The Bertz CT molecular complexity index is 1140. The van der Waals surface area contributed by atoms with Gasteiger partial charge in [-0.15, -0.1) is 0 Å². The number of carbonyl (C=O) groups excluding carboxylic acids is 2. The van der Waals surface area contributed by atoms with Crippen LogP contribution in [0.15, 0.2) is 48.5 Å². The highest BCUT2D eigenvalue weighted by molar-refractivity contribution is 7.92. The number of nitrogens with one attached hydrogen (secondary N) is 1. The molecule has 2 aromatic rings. The van der Waals surface area contributed by atoms with E-state index in [1.165, 1.54) is 10.6 Å². The lowest BCUT2D eigenvalue weighted by atomic mass is 10.1. The van der Waals surface area contributed by atoms with E-state index in [1.54, 1.807) is 24.0 Å². The first-order valence-electron chi connectivity index (χ1n) is 12.7. The predicted octanol–water partition coefficient (Wildman–Crippen LogP) is 4.33. The molecule has 196 valence electrons. The van der Waals surface area contributed by atoms with Crippen molar-refractivity contribution in [3.05, 3.63) is 65.2 Å². The van der Waals surface area contributed by atoms with Crippen molar-refractivity contribution in [1.82, 2.24) is 10.2 Å². The highest BCUT2D eigenvalue weighted by Crippen LogP contribution is 2.21. The maximum absolute atomic E-state index is 13.4. The monoisotopic (exact) mass is 513 g/mol. The van der Waals surface area contributed by atoms with Crippen molar-refractivity contribution in [2.24, 2.45) is 0 Å². The van der Waals surface area contributed by atoms with E-state index in [0.717, 1.165) is 42.4 Å². The van der Waals surface area contributed by atoms with Crippen molar-refractivity contribution in [2.45, 2.75) is 77.9 Å². The Kier molecular flexibility index (Phi) is 9.54. The molecule has 0 radical (unpaired) electrons. The molecule has 1 atom stereocenters. The molecule has 1 aliphatic carbocycles. The highest BCUT2D eigenvalue weighted by atomic mass is 32.2. The van der Waals surface area contributed by atoms with Gasteiger partial charge in [-0.3, -0.25) is 13.9 Å². The number of hydrogen-bond acceptors (Lipinski definition) is 4. The number of benzene rings is 2. The maximum Gasteiger partial charge on any atom is 0.242 e. The van der Waals surface area contributed by atoms with Crippen LogP contribution >= 0.6 is 0 Å². The Morgan fingerprint density at radius 3 is 2.31 bits per heavy atom. The highest BCUT2D eigenvalue weighted by Gasteiger charge is 2.28. The maximum atomic E-state index is 13.4. The van der Waals surface area contributed by atoms with E-state index < -0.39 is 16.1 Å². The van der Waals surface area contributed by atoms with Gasteiger partial charge in [-0.25, -0.2) is 8.42 Å². The largest absolute Gasteiger partial charge is 0.352 e. The number of anilines is 1. The van der Waals surface area contributed by atoms with Gasteiger partial charge in [-0.1, -0.05) is 60.4 Å². The minimum Gasteiger partial charge on any atom is -0.352 e. The molecule has 0 saturated heterocycles. The van der Waals surface area contributed by atoms with E-state index in [4.69, 9.17) is 0 Å². The van der Waals surface area contributed by atoms with E-state index in [2.05, 4.69) is 5.32 Å². The van der Waals surface area contributed by atoms with Crippen molar-refractivity contribution in [2.75, 3.05) is 17.1 Å². The molecule has 1 N–H and O–H groups in total. The number of sulfonamides is 1. The summed E-state index contributed by atoms with van der Waals surface area (Å²) >= 11 is 0. The van der Waals surface area contributed by atoms with Gasteiger partial charge in [0.25, 0.3) is 0 Å².